The van der Waals surface area contributed by atoms with Gasteiger partial charge in [-0.05, 0) is 38.4 Å². The molecule has 0 saturated carbocycles. The van der Waals surface area contributed by atoms with Crippen LogP contribution in [-0.2, 0) is 0 Å². The average molecular weight is 374 g/mol. The Balaban J connectivity index is 1.58. The molecule has 1 aliphatic heterocycles. The molecule has 1 fully saturated rings. The van der Waals surface area contributed by atoms with E-state index in [9.17, 15) is 0 Å². The average Bonchev–Trinajstić information content (AvgIpc) is 3.30. The van der Waals surface area contributed by atoms with Crippen LogP contribution in [0.25, 0.3) is 28.5 Å². The third-order valence-electron chi connectivity index (χ3n) is 5.08. The summed E-state index contributed by atoms with van der Waals surface area (Å²) in [5, 5.41) is 6.86. The second kappa shape index (κ2) is 7.09. The minimum atomic E-state index is 0.347. The number of hydrogen-bond acceptors (Lipinski definition) is 6. The number of nitrogens with zero attached hydrogens (tertiary/aromatic N) is 4. The van der Waals surface area contributed by atoms with Crippen LogP contribution >= 0.6 is 0 Å². The van der Waals surface area contributed by atoms with Crippen molar-refractivity contribution in [1.82, 2.24) is 24.7 Å². The number of hydrogen-bond donors (Lipinski definition) is 2. The third-order valence-corrected chi connectivity index (χ3v) is 5.08. The van der Waals surface area contributed by atoms with Crippen molar-refractivity contribution in [3.8, 4) is 22.6 Å². The highest BCUT2D eigenvalue weighted by molar-refractivity contribution is 5.80. The molecule has 5 rings (SSSR count). The number of oxazole rings is 1. The van der Waals surface area contributed by atoms with Crippen molar-refractivity contribution in [1.29, 1.82) is 0 Å². The first-order valence-electron chi connectivity index (χ1n) is 9.61. The molecule has 142 valence electrons. The SMILES string of the molecule is Cc1cccc(-c2nc3occn3c2-c2ccnc(N[C@@H]3CCCNC3)n2)c1. The molecule has 7 nitrogen and oxygen atoms in total. The van der Waals surface area contributed by atoms with E-state index in [1.54, 1.807) is 12.5 Å². The van der Waals surface area contributed by atoms with Crippen molar-refractivity contribution >= 4 is 11.8 Å². The Hall–Kier alpha value is -3.19. The standard InChI is InChI=1S/C21H22N6O/c1-14-4-2-5-15(12-14)18-19(27-10-11-28-21(27)26-18)17-7-9-23-20(25-17)24-16-6-3-8-22-13-16/h2,4-5,7,9-12,16,22H,3,6,8,13H2,1H3,(H,23,24,25)/t16-/m1/s1. The highest BCUT2D eigenvalue weighted by atomic mass is 16.3. The Morgan fingerprint density at radius 2 is 2.21 bits per heavy atom. The zero-order valence-corrected chi connectivity index (χ0v) is 15.7. The largest absolute Gasteiger partial charge is 0.432 e. The molecule has 1 atom stereocenters. The summed E-state index contributed by atoms with van der Waals surface area (Å²) in [7, 11) is 0. The first-order valence-corrected chi connectivity index (χ1v) is 9.61. The Morgan fingerprint density at radius 1 is 1.25 bits per heavy atom. The van der Waals surface area contributed by atoms with Gasteiger partial charge in [-0.25, -0.2) is 9.97 Å². The minimum Gasteiger partial charge on any atom is -0.432 e. The second-order valence-electron chi connectivity index (χ2n) is 7.19. The Kier molecular flexibility index (Phi) is 4.29. The van der Waals surface area contributed by atoms with Crippen LogP contribution in [0.4, 0.5) is 5.95 Å². The molecule has 1 aromatic carbocycles. The van der Waals surface area contributed by atoms with Crippen LogP contribution in [0.3, 0.4) is 0 Å². The maximum Gasteiger partial charge on any atom is 0.306 e. The summed E-state index contributed by atoms with van der Waals surface area (Å²) < 4.78 is 7.49. The van der Waals surface area contributed by atoms with Gasteiger partial charge in [0.05, 0.1) is 5.69 Å². The van der Waals surface area contributed by atoms with Crippen molar-refractivity contribution in [2.45, 2.75) is 25.8 Å². The summed E-state index contributed by atoms with van der Waals surface area (Å²) in [6.45, 7) is 4.09. The maximum absolute atomic E-state index is 5.55. The summed E-state index contributed by atoms with van der Waals surface area (Å²) in [4.78, 5) is 13.9. The van der Waals surface area contributed by atoms with E-state index >= 15 is 0 Å². The van der Waals surface area contributed by atoms with E-state index in [-0.39, 0.29) is 0 Å². The quantitative estimate of drug-likeness (QED) is 0.569. The van der Waals surface area contributed by atoms with E-state index in [2.05, 4.69) is 40.7 Å². The van der Waals surface area contributed by atoms with E-state index < -0.39 is 0 Å². The lowest BCUT2D eigenvalue weighted by atomic mass is 10.1. The predicted octanol–water partition coefficient (Wildman–Crippen LogP) is 3.52. The number of aryl methyl sites for hydroxylation is 1. The smallest absolute Gasteiger partial charge is 0.306 e. The molecular formula is C21H22N6O. The molecule has 4 heterocycles. The number of rotatable bonds is 4. The van der Waals surface area contributed by atoms with Gasteiger partial charge in [0.25, 0.3) is 0 Å². The third kappa shape index (κ3) is 3.14. The van der Waals surface area contributed by atoms with Crippen LogP contribution in [0.5, 0.6) is 0 Å². The predicted molar refractivity (Wildman–Crippen MR) is 108 cm³/mol. The molecule has 0 bridgehead atoms. The molecule has 1 saturated heterocycles. The summed E-state index contributed by atoms with van der Waals surface area (Å²) in [6.07, 6.45) is 7.58. The van der Waals surface area contributed by atoms with Crippen molar-refractivity contribution in [2.75, 3.05) is 18.4 Å². The molecule has 7 heteroatoms. The zero-order chi connectivity index (χ0) is 18.9. The van der Waals surface area contributed by atoms with Gasteiger partial charge in [-0.1, -0.05) is 23.8 Å². The first-order chi connectivity index (χ1) is 13.8. The number of fused-ring (bicyclic) bond motifs is 1. The molecule has 0 spiro atoms. The molecule has 2 N–H and O–H groups in total. The van der Waals surface area contributed by atoms with Gasteiger partial charge in [-0.2, -0.15) is 4.98 Å². The van der Waals surface area contributed by atoms with Gasteiger partial charge < -0.3 is 15.1 Å². The monoisotopic (exact) mass is 374 g/mol. The van der Waals surface area contributed by atoms with Crippen LogP contribution in [0, 0.1) is 6.92 Å². The Bertz CT molecular complexity index is 1110. The first kappa shape index (κ1) is 16.9. The normalized spacial score (nSPS) is 17.1. The van der Waals surface area contributed by atoms with Gasteiger partial charge in [0.15, 0.2) is 0 Å². The van der Waals surface area contributed by atoms with E-state index in [1.165, 1.54) is 5.56 Å². The molecule has 3 aromatic heterocycles. The van der Waals surface area contributed by atoms with Crippen molar-refractivity contribution in [3.63, 3.8) is 0 Å². The van der Waals surface area contributed by atoms with Gasteiger partial charge in [-0.15, -0.1) is 0 Å². The van der Waals surface area contributed by atoms with Gasteiger partial charge in [0.2, 0.25) is 5.95 Å². The lowest BCUT2D eigenvalue weighted by molar-refractivity contribution is 0.478. The molecule has 0 amide bonds. The zero-order valence-electron chi connectivity index (χ0n) is 15.7. The number of nitrogens with one attached hydrogen (secondary N) is 2. The Morgan fingerprint density at radius 3 is 3.07 bits per heavy atom. The summed E-state index contributed by atoms with van der Waals surface area (Å²) >= 11 is 0. The molecule has 4 aromatic rings. The second-order valence-corrected chi connectivity index (χ2v) is 7.19. The fourth-order valence-electron chi connectivity index (χ4n) is 3.74. The van der Waals surface area contributed by atoms with Crippen molar-refractivity contribution in [3.05, 3.63) is 54.6 Å². The molecule has 0 unspecified atom stereocenters. The van der Waals surface area contributed by atoms with Crippen LogP contribution in [0.2, 0.25) is 0 Å². The fraction of sp³-hybridized carbons (Fsp3) is 0.286. The topological polar surface area (TPSA) is 80.3 Å². The molecule has 28 heavy (non-hydrogen) atoms. The Labute approximate surface area is 162 Å². The summed E-state index contributed by atoms with van der Waals surface area (Å²) in [5.74, 6) is 1.19. The number of aromatic nitrogens is 4. The van der Waals surface area contributed by atoms with Crippen LogP contribution < -0.4 is 10.6 Å². The number of piperidine rings is 1. The van der Waals surface area contributed by atoms with Gasteiger partial charge in [0, 0.05) is 30.5 Å². The number of benzene rings is 1. The van der Waals surface area contributed by atoms with Crippen LogP contribution in [-0.4, -0.2) is 38.5 Å². The lowest BCUT2D eigenvalue weighted by Crippen LogP contribution is -2.38. The van der Waals surface area contributed by atoms with Gasteiger partial charge in [0.1, 0.15) is 17.7 Å². The van der Waals surface area contributed by atoms with Gasteiger partial charge >= 0.3 is 5.84 Å². The minimum absolute atomic E-state index is 0.347. The van der Waals surface area contributed by atoms with Crippen molar-refractivity contribution < 1.29 is 4.42 Å². The lowest BCUT2D eigenvalue weighted by Gasteiger charge is -2.23. The van der Waals surface area contributed by atoms with Gasteiger partial charge in [-0.3, -0.25) is 4.40 Å². The van der Waals surface area contributed by atoms with E-state index in [0.29, 0.717) is 17.8 Å². The van der Waals surface area contributed by atoms with E-state index in [0.717, 1.165) is 48.6 Å². The summed E-state index contributed by atoms with van der Waals surface area (Å²) in [6, 6.07) is 10.6. The van der Waals surface area contributed by atoms with Crippen LogP contribution in [0.1, 0.15) is 18.4 Å². The maximum atomic E-state index is 5.55. The van der Waals surface area contributed by atoms with E-state index in [1.807, 2.05) is 22.7 Å². The molecular weight excluding hydrogens is 352 g/mol. The fourth-order valence-corrected chi connectivity index (χ4v) is 3.74. The van der Waals surface area contributed by atoms with Crippen molar-refractivity contribution in [2.24, 2.45) is 0 Å². The molecule has 0 aliphatic carbocycles. The summed E-state index contributed by atoms with van der Waals surface area (Å²) in [5.41, 5.74) is 4.79. The van der Waals surface area contributed by atoms with Crippen LogP contribution in [0.15, 0.2) is 53.4 Å². The highest BCUT2D eigenvalue weighted by Gasteiger charge is 2.20. The molecule has 0 radical (unpaired) electrons. The van der Waals surface area contributed by atoms with E-state index in [4.69, 9.17) is 14.4 Å². The highest BCUT2D eigenvalue weighted by Crippen LogP contribution is 2.32. The number of anilines is 1. The number of imidazole rings is 1. The molecule has 1 aliphatic rings.